The first-order chi connectivity index (χ1) is 15.0. The number of phosphoric ester groups is 1. The topological polar surface area (TPSA) is 184 Å². The quantitative estimate of drug-likeness (QED) is 0.133. The summed E-state index contributed by atoms with van der Waals surface area (Å²) in [6, 6.07) is -1.20. The first kappa shape index (κ1) is 29.4. The standard InChI is InChI=1S/C19H38NO11P/c1-4-6-8-28-32(27,29-9-7-5-2)30-12-19(26)10-14(23)16(20-13(3)22)18(31-19)17(25)15(24)11-21/h14-18,21,23-26H,4-12H2,1-3H3,(H,20,22)/t14-,15+,16+,17+,18+,19-/m0/s1. The minimum absolute atomic E-state index is 0.108. The number of amides is 1. The Bertz CT molecular complexity index is 596. The van der Waals surface area contributed by atoms with Gasteiger partial charge in [0.15, 0.2) is 5.79 Å². The number of carbonyl (C=O) groups is 1. The van der Waals surface area contributed by atoms with E-state index in [9.17, 15) is 29.8 Å². The predicted molar refractivity (Wildman–Crippen MR) is 112 cm³/mol. The van der Waals surface area contributed by atoms with Crippen LogP contribution in [0.5, 0.6) is 0 Å². The monoisotopic (exact) mass is 487 g/mol. The molecule has 0 aromatic heterocycles. The van der Waals surface area contributed by atoms with Crippen LogP contribution < -0.4 is 5.32 Å². The summed E-state index contributed by atoms with van der Waals surface area (Å²) >= 11 is 0. The highest BCUT2D eigenvalue weighted by Crippen LogP contribution is 2.51. The van der Waals surface area contributed by atoms with Crippen molar-refractivity contribution in [2.75, 3.05) is 26.4 Å². The Morgan fingerprint density at radius 3 is 2.22 bits per heavy atom. The molecule has 0 saturated carbocycles. The van der Waals surface area contributed by atoms with Crippen LogP contribution in [0, 0.1) is 0 Å². The SMILES string of the molecule is CCCCOP(=O)(OCCCC)OC[C@]1(O)C[C@H](O)[C@@H](NC(C)=O)[C@H]([C@H](O)[C@H](O)CO)O1. The molecule has 12 nitrogen and oxygen atoms in total. The van der Waals surface area contributed by atoms with Crippen LogP contribution in [-0.2, 0) is 27.7 Å². The number of hydrogen-bond acceptors (Lipinski definition) is 11. The van der Waals surface area contributed by atoms with E-state index in [4.69, 9.17) is 23.4 Å². The third kappa shape index (κ3) is 9.30. The van der Waals surface area contributed by atoms with E-state index >= 15 is 0 Å². The molecule has 190 valence electrons. The van der Waals surface area contributed by atoms with Gasteiger partial charge in [-0.3, -0.25) is 18.4 Å². The lowest BCUT2D eigenvalue weighted by molar-refractivity contribution is -0.310. The molecule has 1 aliphatic heterocycles. The Balaban J connectivity index is 2.98. The van der Waals surface area contributed by atoms with E-state index in [0.717, 1.165) is 12.8 Å². The van der Waals surface area contributed by atoms with E-state index in [0.29, 0.717) is 12.8 Å². The van der Waals surface area contributed by atoms with E-state index in [1.807, 2.05) is 13.8 Å². The Morgan fingerprint density at radius 2 is 1.75 bits per heavy atom. The van der Waals surface area contributed by atoms with Crippen molar-refractivity contribution in [1.29, 1.82) is 0 Å². The minimum atomic E-state index is -4.06. The molecule has 1 saturated heterocycles. The highest BCUT2D eigenvalue weighted by atomic mass is 31.2. The van der Waals surface area contributed by atoms with Gasteiger partial charge in [0.1, 0.15) is 24.9 Å². The first-order valence-corrected chi connectivity index (χ1v) is 12.3. The van der Waals surface area contributed by atoms with Crippen molar-refractivity contribution in [2.45, 2.75) is 89.1 Å². The molecule has 0 radical (unpaired) electrons. The number of aliphatic hydroxyl groups is 5. The molecule has 1 aliphatic rings. The number of phosphoric acid groups is 1. The number of nitrogens with one attached hydrogen (secondary N) is 1. The molecule has 0 unspecified atom stereocenters. The van der Waals surface area contributed by atoms with Gasteiger partial charge in [-0.1, -0.05) is 26.7 Å². The third-order valence-corrected chi connectivity index (χ3v) is 6.33. The molecule has 0 aromatic carbocycles. The number of ether oxygens (including phenoxy) is 1. The zero-order valence-corrected chi connectivity index (χ0v) is 19.8. The number of hydrogen-bond donors (Lipinski definition) is 6. The Morgan fingerprint density at radius 1 is 1.19 bits per heavy atom. The average molecular weight is 487 g/mol. The van der Waals surface area contributed by atoms with Crippen LogP contribution in [0.4, 0.5) is 0 Å². The summed E-state index contributed by atoms with van der Waals surface area (Å²) < 4.78 is 34.3. The summed E-state index contributed by atoms with van der Waals surface area (Å²) in [5.41, 5.74) is 0. The molecule has 13 heteroatoms. The number of aliphatic hydroxyl groups excluding tert-OH is 4. The smallest absolute Gasteiger partial charge is 0.394 e. The first-order valence-electron chi connectivity index (χ1n) is 10.9. The molecule has 0 aliphatic carbocycles. The lowest BCUT2D eigenvalue weighted by Gasteiger charge is -2.46. The fraction of sp³-hybridized carbons (Fsp3) is 0.947. The van der Waals surface area contributed by atoms with Gasteiger partial charge in [0, 0.05) is 13.3 Å². The van der Waals surface area contributed by atoms with Gasteiger partial charge in [0.2, 0.25) is 5.91 Å². The normalized spacial score (nSPS) is 28.3. The number of unbranched alkanes of at least 4 members (excludes halogenated alkanes) is 2. The second kappa shape index (κ2) is 13.9. The summed E-state index contributed by atoms with van der Waals surface area (Å²) in [5, 5.41) is 53.1. The van der Waals surface area contributed by atoms with Gasteiger partial charge < -0.3 is 35.6 Å². The van der Waals surface area contributed by atoms with Gasteiger partial charge in [0.05, 0.1) is 32.0 Å². The fourth-order valence-electron chi connectivity index (χ4n) is 3.10. The molecule has 1 fully saturated rings. The second-order valence-electron chi connectivity index (χ2n) is 7.86. The summed E-state index contributed by atoms with van der Waals surface area (Å²) in [6.07, 6.45) is -4.07. The van der Waals surface area contributed by atoms with Crippen LogP contribution in [-0.4, -0.2) is 94.1 Å². The Labute approximate surface area is 188 Å². The molecule has 1 amide bonds. The molecule has 6 atom stereocenters. The van der Waals surface area contributed by atoms with Gasteiger partial charge in [-0.25, -0.2) is 4.57 Å². The highest BCUT2D eigenvalue weighted by Gasteiger charge is 2.51. The van der Waals surface area contributed by atoms with Crippen molar-refractivity contribution >= 4 is 13.7 Å². The number of carbonyl (C=O) groups excluding carboxylic acids is 1. The molecular formula is C19H38NO11P. The summed E-state index contributed by atoms with van der Waals surface area (Å²) in [5.74, 6) is -2.80. The maximum absolute atomic E-state index is 12.9. The molecule has 0 aromatic rings. The maximum atomic E-state index is 12.9. The van der Waals surface area contributed by atoms with Crippen LogP contribution in [0.1, 0.15) is 52.9 Å². The third-order valence-electron chi connectivity index (χ3n) is 4.88. The zero-order valence-electron chi connectivity index (χ0n) is 18.9. The molecule has 6 N–H and O–H groups in total. The second-order valence-corrected chi connectivity index (χ2v) is 9.53. The molecule has 1 heterocycles. The Kier molecular flexibility index (Phi) is 12.8. The summed E-state index contributed by atoms with van der Waals surface area (Å²) in [4.78, 5) is 11.5. The van der Waals surface area contributed by atoms with Crippen LogP contribution in [0.3, 0.4) is 0 Å². The molecular weight excluding hydrogens is 449 g/mol. The van der Waals surface area contributed by atoms with E-state index < -0.39 is 69.6 Å². The van der Waals surface area contributed by atoms with Gasteiger partial charge in [0.25, 0.3) is 0 Å². The van der Waals surface area contributed by atoms with Crippen molar-refractivity contribution < 1.29 is 53.2 Å². The summed E-state index contributed by atoms with van der Waals surface area (Å²) in [6.45, 7) is 3.66. The highest BCUT2D eigenvalue weighted by molar-refractivity contribution is 7.48. The van der Waals surface area contributed by atoms with E-state index in [-0.39, 0.29) is 13.2 Å². The fourth-order valence-corrected chi connectivity index (χ4v) is 4.38. The minimum Gasteiger partial charge on any atom is -0.394 e. The van der Waals surface area contributed by atoms with Crippen LogP contribution in [0.25, 0.3) is 0 Å². The van der Waals surface area contributed by atoms with Crippen molar-refractivity contribution in [1.82, 2.24) is 5.32 Å². The van der Waals surface area contributed by atoms with E-state index in [2.05, 4.69) is 5.32 Å². The summed E-state index contributed by atoms with van der Waals surface area (Å²) in [7, 11) is -4.06. The predicted octanol–water partition coefficient (Wildman–Crippen LogP) is -0.198. The van der Waals surface area contributed by atoms with Gasteiger partial charge in [-0.2, -0.15) is 0 Å². The van der Waals surface area contributed by atoms with Gasteiger partial charge >= 0.3 is 7.82 Å². The lowest BCUT2D eigenvalue weighted by atomic mass is 9.89. The van der Waals surface area contributed by atoms with Gasteiger partial charge in [-0.15, -0.1) is 0 Å². The van der Waals surface area contributed by atoms with Gasteiger partial charge in [-0.05, 0) is 12.8 Å². The van der Waals surface area contributed by atoms with Crippen molar-refractivity contribution in [3.05, 3.63) is 0 Å². The molecule has 32 heavy (non-hydrogen) atoms. The average Bonchev–Trinajstić information content (AvgIpc) is 2.73. The Hall–Kier alpha value is -0.660. The number of rotatable bonds is 15. The van der Waals surface area contributed by atoms with Crippen molar-refractivity contribution in [3.8, 4) is 0 Å². The van der Waals surface area contributed by atoms with E-state index in [1.54, 1.807) is 0 Å². The van der Waals surface area contributed by atoms with Crippen molar-refractivity contribution in [3.63, 3.8) is 0 Å². The van der Waals surface area contributed by atoms with Crippen LogP contribution in [0.2, 0.25) is 0 Å². The maximum Gasteiger partial charge on any atom is 0.474 e. The lowest BCUT2D eigenvalue weighted by Crippen LogP contribution is -2.66. The van der Waals surface area contributed by atoms with Crippen LogP contribution >= 0.6 is 7.82 Å². The largest absolute Gasteiger partial charge is 0.474 e. The molecule has 0 bridgehead atoms. The zero-order chi connectivity index (χ0) is 24.4. The van der Waals surface area contributed by atoms with Crippen LogP contribution in [0.15, 0.2) is 0 Å². The van der Waals surface area contributed by atoms with E-state index in [1.165, 1.54) is 6.92 Å². The molecule has 1 rings (SSSR count). The van der Waals surface area contributed by atoms with Crippen molar-refractivity contribution in [2.24, 2.45) is 0 Å². The molecule has 0 spiro atoms.